The summed E-state index contributed by atoms with van der Waals surface area (Å²) in [5, 5.41) is 15.5. The van der Waals surface area contributed by atoms with Crippen molar-refractivity contribution in [2.45, 2.75) is 25.8 Å². The van der Waals surface area contributed by atoms with Crippen molar-refractivity contribution >= 4 is 17.3 Å². The van der Waals surface area contributed by atoms with E-state index in [1.165, 1.54) is 10.8 Å². The van der Waals surface area contributed by atoms with E-state index in [0.29, 0.717) is 35.0 Å². The summed E-state index contributed by atoms with van der Waals surface area (Å²) in [6.07, 6.45) is 3.90. The van der Waals surface area contributed by atoms with Crippen molar-refractivity contribution in [3.63, 3.8) is 0 Å². The summed E-state index contributed by atoms with van der Waals surface area (Å²) >= 11 is 0. The average molecular weight is 413 g/mol. The Morgan fingerprint density at radius 2 is 2.00 bits per heavy atom. The van der Waals surface area contributed by atoms with Crippen molar-refractivity contribution in [3.8, 4) is 11.5 Å². The number of aromatic nitrogens is 2. The number of anilines is 2. The summed E-state index contributed by atoms with van der Waals surface area (Å²) in [5.74, 6) is 1.37. The number of ketones is 1. The first-order valence-electron chi connectivity index (χ1n) is 10.4. The predicted octanol–water partition coefficient (Wildman–Crippen LogP) is 1.34. The molecule has 1 saturated heterocycles. The van der Waals surface area contributed by atoms with Crippen LogP contribution in [-0.2, 0) is 6.54 Å². The van der Waals surface area contributed by atoms with E-state index in [1.54, 1.807) is 18.2 Å². The van der Waals surface area contributed by atoms with Crippen molar-refractivity contribution in [1.82, 2.24) is 19.8 Å². The van der Waals surface area contributed by atoms with Gasteiger partial charge in [0.1, 0.15) is 0 Å². The van der Waals surface area contributed by atoms with E-state index in [2.05, 4.69) is 20.5 Å². The zero-order chi connectivity index (χ0) is 20.9. The van der Waals surface area contributed by atoms with Crippen LogP contribution in [0.25, 0.3) is 0 Å². The number of Topliss-reactive ketones (excluding diaryl/α,β-unsaturated/α-hetero) is 1. The standard InChI is InChI=1S/C21H27N5O4/c27-12-11-26-14-19-20(24-21(26)29)23-16-13-15(4-5-18(16)30-19)17(28)3-1-2-8-25-9-6-22-7-10-25/h4-5,13-14,22,27H,1-3,6-12H2,(H,23,24,29). The van der Waals surface area contributed by atoms with Gasteiger partial charge in [0.15, 0.2) is 23.1 Å². The summed E-state index contributed by atoms with van der Waals surface area (Å²) < 4.78 is 7.13. The topological polar surface area (TPSA) is 109 Å². The summed E-state index contributed by atoms with van der Waals surface area (Å²) in [5.41, 5.74) is 0.754. The van der Waals surface area contributed by atoms with E-state index >= 15 is 0 Å². The molecule has 3 heterocycles. The Labute approximate surface area is 174 Å². The van der Waals surface area contributed by atoms with Crippen LogP contribution >= 0.6 is 0 Å². The molecule has 160 valence electrons. The normalized spacial score (nSPS) is 15.6. The number of nitrogens with zero attached hydrogens (tertiary/aromatic N) is 3. The zero-order valence-electron chi connectivity index (χ0n) is 16.9. The van der Waals surface area contributed by atoms with E-state index < -0.39 is 5.69 Å². The lowest BCUT2D eigenvalue weighted by Crippen LogP contribution is -2.43. The lowest BCUT2D eigenvalue weighted by atomic mass is 10.0. The highest BCUT2D eigenvalue weighted by Crippen LogP contribution is 2.40. The predicted molar refractivity (Wildman–Crippen MR) is 113 cm³/mol. The van der Waals surface area contributed by atoms with Gasteiger partial charge >= 0.3 is 5.69 Å². The molecule has 0 unspecified atom stereocenters. The maximum Gasteiger partial charge on any atom is 0.349 e. The SMILES string of the molecule is O=C(CCCCN1CCNCC1)c1ccc2c(c1)Nc1nc(=O)n(CCO)cc1O2. The molecule has 0 aliphatic carbocycles. The maximum atomic E-state index is 12.6. The number of aliphatic hydroxyl groups is 1. The fraction of sp³-hybridized carbons (Fsp3) is 0.476. The van der Waals surface area contributed by atoms with Crippen molar-refractivity contribution in [1.29, 1.82) is 0 Å². The summed E-state index contributed by atoms with van der Waals surface area (Å²) in [6, 6.07) is 5.26. The second-order valence-electron chi connectivity index (χ2n) is 7.56. The lowest BCUT2D eigenvalue weighted by Gasteiger charge is -2.26. The minimum Gasteiger partial charge on any atom is -0.450 e. The number of aliphatic hydroxyl groups excluding tert-OH is 1. The van der Waals surface area contributed by atoms with Gasteiger partial charge in [-0.1, -0.05) is 0 Å². The highest BCUT2D eigenvalue weighted by atomic mass is 16.5. The van der Waals surface area contributed by atoms with Crippen molar-refractivity contribution in [2.75, 3.05) is 44.6 Å². The van der Waals surface area contributed by atoms with Crippen molar-refractivity contribution in [3.05, 3.63) is 40.4 Å². The van der Waals surface area contributed by atoms with Crippen molar-refractivity contribution < 1.29 is 14.6 Å². The first-order chi connectivity index (χ1) is 14.6. The first-order valence-corrected chi connectivity index (χ1v) is 10.4. The van der Waals surface area contributed by atoms with Gasteiger partial charge in [0.25, 0.3) is 0 Å². The number of fused-ring (bicyclic) bond motifs is 2. The molecule has 0 atom stereocenters. The molecule has 2 aromatic rings. The molecular weight excluding hydrogens is 386 g/mol. The molecule has 0 saturated carbocycles. The molecule has 1 aromatic heterocycles. The monoisotopic (exact) mass is 413 g/mol. The number of benzene rings is 1. The highest BCUT2D eigenvalue weighted by Gasteiger charge is 2.21. The number of carbonyl (C=O) groups excluding carboxylic acids is 1. The van der Waals surface area contributed by atoms with Crippen LogP contribution in [0.1, 0.15) is 29.6 Å². The van der Waals surface area contributed by atoms with Gasteiger partial charge in [-0.2, -0.15) is 4.98 Å². The Morgan fingerprint density at radius 1 is 1.17 bits per heavy atom. The van der Waals surface area contributed by atoms with E-state index in [1.807, 2.05) is 0 Å². The lowest BCUT2D eigenvalue weighted by molar-refractivity contribution is 0.0977. The molecule has 9 heteroatoms. The number of unbranched alkanes of at least 4 members (excludes halogenated alkanes) is 1. The number of carbonyl (C=O) groups is 1. The van der Waals surface area contributed by atoms with Crippen LogP contribution in [0.4, 0.5) is 11.5 Å². The van der Waals surface area contributed by atoms with E-state index in [0.717, 1.165) is 45.6 Å². The van der Waals surface area contributed by atoms with E-state index in [4.69, 9.17) is 9.84 Å². The van der Waals surface area contributed by atoms with Crippen LogP contribution in [-0.4, -0.2) is 64.7 Å². The average Bonchev–Trinajstić information content (AvgIpc) is 2.76. The quantitative estimate of drug-likeness (QED) is 0.375. The third kappa shape index (κ3) is 4.69. The number of rotatable bonds is 8. The Bertz CT molecular complexity index is 968. The van der Waals surface area contributed by atoms with Crippen LogP contribution in [0.15, 0.2) is 29.2 Å². The summed E-state index contributed by atoms with van der Waals surface area (Å²) in [4.78, 5) is 31.0. The highest BCUT2D eigenvalue weighted by molar-refractivity contribution is 5.97. The molecule has 30 heavy (non-hydrogen) atoms. The fourth-order valence-electron chi connectivity index (χ4n) is 3.74. The minimum absolute atomic E-state index is 0.0945. The van der Waals surface area contributed by atoms with Gasteiger partial charge in [0.05, 0.1) is 25.0 Å². The van der Waals surface area contributed by atoms with Gasteiger partial charge in [-0.05, 0) is 37.6 Å². The molecule has 1 fully saturated rings. The van der Waals surface area contributed by atoms with Gasteiger partial charge in [0, 0.05) is 38.2 Å². The molecule has 9 nitrogen and oxygen atoms in total. The van der Waals surface area contributed by atoms with Crippen LogP contribution in [0.3, 0.4) is 0 Å². The Balaban J connectivity index is 1.36. The minimum atomic E-state index is -0.473. The van der Waals surface area contributed by atoms with Crippen molar-refractivity contribution in [2.24, 2.45) is 0 Å². The van der Waals surface area contributed by atoms with Gasteiger partial charge < -0.3 is 25.4 Å². The second kappa shape index (κ2) is 9.38. The Morgan fingerprint density at radius 3 is 2.80 bits per heavy atom. The van der Waals surface area contributed by atoms with Crippen LogP contribution in [0.5, 0.6) is 11.5 Å². The number of ether oxygens (including phenoxy) is 1. The molecule has 4 rings (SSSR count). The molecule has 2 aliphatic rings. The molecule has 0 bridgehead atoms. The zero-order valence-corrected chi connectivity index (χ0v) is 16.9. The molecular formula is C21H27N5O4. The molecule has 0 spiro atoms. The van der Waals surface area contributed by atoms with Crippen LogP contribution in [0, 0.1) is 0 Å². The van der Waals surface area contributed by atoms with Gasteiger partial charge in [-0.25, -0.2) is 4.79 Å². The molecule has 0 amide bonds. The first kappa shape index (κ1) is 20.5. The summed E-state index contributed by atoms with van der Waals surface area (Å²) in [7, 11) is 0. The molecule has 3 N–H and O–H groups in total. The maximum absolute atomic E-state index is 12.6. The number of hydrogen-bond donors (Lipinski definition) is 3. The fourth-order valence-corrected chi connectivity index (χ4v) is 3.74. The number of nitrogens with one attached hydrogen (secondary N) is 2. The van der Waals surface area contributed by atoms with Gasteiger partial charge in [-0.15, -0.1) is 0 Å². The molecule has 2 aliphatic heterocycles. The third-order valence-corrected chi connectivity index (χ3v) is 5.41. The van der Waals surface area contributed by atoms with Gasteiger partial charge in [-0.3, -0.25) is 9.36 Å². The molecule has 0 radical (unpaired) electrons. The second-order valence-corrected chi connectivity index (χ2v) is 7.56. The van der Waals surface area contributed by atoms with Gasteiger partial charge in [0.2, 0.25) is 0 Å². The van der Waals surface area contributed by atoms with E-state index in [9.17, 15) is 9.59 Å². The molecule has 1 aromatic carbocycles. The number of piperazine rings is 1. The van der Waals surface area contributed by atoms with Crippen LogP contribution in [0.2, 0.25) is 0 Å². The van der Waals surface area contributed by atoms with Crippen LogP contribution < -0.4 is 21.1 Å². The Kier molecular flexibility index (Phi) is 6.41. The smallest absolute Gasteiger partial charge is 0.349 e. The Hall–Kier alpha value is -2.75. The largest absolute Gasteiger partial charge is 0.450 e. The van der Waals surface area contributed by atoms with E-state index in [-0.39, 0.29) is 18.9 Å². The summed E-state index contributed by atoms with van der Waals surface area (Å²) in [6.45, 7) is 5.25. The third-order valence-electron chi connectivity index (χ3n) is 5.41. The number of hydrogen-bond acceptors (Lipinski definition) is 8.